The number of nitrogens with two attached hydrogens (primary N) is 1. The van der Waals surface area contributed by atoms with E-state index >= 15 is 0 Å². The van der Waals surface area contributed by atoms with Crippen LogP contribution in [0.15, 0.2) is 35.6 Å². The number of benzene rings is 1. The minimum atomic E-state index is -0.770. The fraction of sp³-hybridized carbons (Fsp3) is 0.235. The lowest BCUT2D eigenvalue weighted by molar-refractivity contribution is -0.121. The lowest BCUT2D eigenvalue weighted by Gasteiger charge is -2.14. The number of rotatable bonds is 5. The maximum Gasteiger partial charge on any atom is 0.343 e. The average molecular weight is 390 g/mol. The molecule has 0 spiro atoms. The van der Waals surface area contributed by atoms with Gasteiger partial charge in [0.2, 0.25) is 11.8 Å². The van der Waals surface area contributed by atoms with E-state index in [2.05, 4.69) is 9.97 Å². The van der Waals surface area contributed by atoms with Crippen LogP contribution in [0.5, 0.6) is 0 Å². The summed E-state index contributed by atoms with van der Waals surface area (Å²) in [4.78, 5) is 45.5. The summed E-state index contributed by atoms with van der Waals surface area (Å²) in [5.74, 6) is -2.21. The number of hydrogen-bond acceptors (Lipinski definition) is 8. The molecule has 0 aliphatic carbocycles. The Hall–Kier alpha value is -3.01. The van der Waals surface area contributed by atoms with Crippen LogP contribution in [0.25, 0.3) is 0 Å². The van der Waals surface area contributed by atoms with Crippen molar-refractivity contribution in [3.63, 3.8) is 0 Å². The van der Waals surface area contributed by atoms with E-state index in [1.807, 2.05) is 0 Å². The summed E-state index contributed by atoms with van der Waals surface area (Å²) in [6.45, 7) is 1.84. The van der Waals surface area contributed by atoms with Crippen molar-refractivity contribution in [1.82, 2.24) is 9.97 Å². The molecule has 1 aromatic carbocycles. The van der Waals surface area contributed by atoms with Gasteiger partial charge in [0, 0.05) is 12.6 Å². The second-order valence-corrected chi connectivity index (χ2v) is 6.70. The topological polar surface area (TPSA) is 115 Å². The molecule has 1 saturated heterocycles. The summed E-state index contributed by atoms with van der Waals surface area (Å²) in [6, 6.07) is 5.24. The maximum atomic E-state index is 13.4. The smallest absolute Gasteiger partial charge is 0.343 e. The molecule has 2 amide bonds. The van der Waals surface area contributed by atoms with E-state index < -0.39 is 28.9 Å². The minimum Gasteiger partial charge on any atom is -0.462 e. The molecular weight excluding hydrogens is 375 g/mol. The Morgan fingerprint density at radius 3 is 2.89 bits per heavy atom. The molecule has 2 heterocycles. The molecule has 2 aromatic rings. The summed E-state index contributed by atoms with van der Waals surface area (Å²) in [7, 11) is 0. The SMILES string of the molecule is CCOC(=O)c1cnc(S[C@@H]2CC(=O)N(c3cccc(F)c3)C2=O)nc1N. The molecule has 0 bridgehead atoms. The van der Waals surface area contributed by atoms with Crippen LogP contribution in [0.4, 0.5) is 15.9 Å². The third-order valence-corrected chi connectivity index (χ3v) is 4.77. The molecule has 1 aromatic heterocycles. The molecular formula is C17H15FN4O4S. The van der Waals surface area contributed by atoms with Gasteiger partial charge in [-0.15, -0.1) is 0 Å². The average Bonchev–Trinajstić information content (AvgIpc) is 2.88. The summed E-state index contributed by atoms with van der Waals surface area (Å²) in [5, 5.41) is -0.624. The predicted molar refractivity (Wildman–Crippen MR) is 95.6 cm³/mol. The van der Waals surface area contributed by atoms with E-state index in [0.29, 0.717) is 0 Å². The van der Waals surface area contributed by atoms with E-state index in [9.17, 15) is 18.8 Å². The molecule has 0 saturated carbocycles. The second-order valence-electron chi connectivity index (χ2n) is 5.53. The standard InChI is InChI=1S/C17H15FN4O4S/c1-2-26-16(25)11-8-20-17(21-14(11)19)27-12-7-13(23)22(15(12)24)10-5-3-4-9(18)6-10/h3-6,8,12H,2,7H2,1H3,(H2,19,20,21)/t12-/m1/s1. The van der Waals surface area contributed by atoms with Crippen molar-refractivity contribution < 1.29 is 23.5 Å². The van der Waals surface area contributed by atoms with Crippen LogP contribution in [0, 0.1) is 5.82 Å². The van der Waals surface area contributed by atoms with E-state index in [4.69, 9.17) is 10.5 Å². The number of nitrogen functional groups attached to an aromatic ring is 1. The largest absolute Gasteiger partial charge is 0.462 e. The first-order valence-corrected chi connectivity index (χ1v) is 8.87. The van der Waals surface area contributed by atoms with Crippen LogP contribution < -0.4 is 10.6 Å². The Kier molecular flexibility index (Phi) is 5.36. The molecule has 1 aliphatic heterocycles. The van der Waals surface area contributed by atoms with Crippen molar-refractivity contribution in [2.75, 3.05) is 17.2 Å². The highest BCUT2D eigenvalue weighted by Crippen LogP contribution is 2.33. The number of thioether (sulfide) groups is 1. The molecule has 1 fully saturated rings. The van der Waals surface area contributed by atoms with Crippen molar-refractivity contribution in [1.29, 1.82) is 0 Å². The van der Waals surface area contributed by atoms with Crippen LogP contribution in [-0.2, 0) is 14.3 Å². The fourth-order valence-corrected chi connectivity index (χ4v) is 3.46. The van der Waals surface area contributed by atoms with Gasteiger partial charge in [-0.2, -0.15) is 0 Å². The number of carbonyl (C=O) groups is 3. The monoisotopic (exact) mass is 390 g/mol. The molecule has 2 N–H and O–H groups in total. The van der Waals surface area contributed by atoms with Gasteiger partial charge in [0.15, 0.2) is 5.16 Å². The van der Waals surface area contributed by atoms with Gasteiger partial charge in [-0.3, -0.25) is 9.59 Å². The van der Waals surface area contributed by atoms with Crippen molar-refractivity contribution in [3.05, 3.63) is 41.8 Å². The van der Waals surface area contributed by atoms with Gasteiger partial charge in [0.05, 0.1) is 12.3 Å². The first-order valence-electron chi connectivity index (χ1n) is 7.99. The number of halogens is 1. The number of esters is 1. The summed E-state index contributed by atoms with van der Waals surface area (Å²) >= 11 is 0.953. The number of anilines is 2. The quantitative estimate of drug-likeness (QED) is 0.467. The first-order chi connectivity index (χ1) is 12.9. The molecule has 1 aliphatic rings. The first kappa shape index (κ1) is 18.8. The van der Waals surface area contributed by atoms with Gasteiger partial charge in [-0.25, -0.2) is 24.1 Å². The Bertz CT molecular complexity index is 924. The van der Waals surface area contributed by atoms with Crippen molar-refractivity contribution >= 4 is 41.1 Å². The molecule has 0 unspecified atom stereocenters. The highest BCUT2D eigenvalue weighted by molar-refractivity contribution is 8.00. The van der Waals surface area contributed by atoms with Gasteiger partial charge >= 0.3 is 5.97 Å². The van der Waals surface area contributed by atoms with Gasteiger partial charge in [0.1, 0.15) is 22.4 Å². The summed E-state index contributed by atoms with van der Waals surface area (Å²) in [5.41, 5.74) is 5.95. The number of aromatic nitrogens is 2. The summed E-state index contributed by atoms with van der Waals surface area (Å²) < 4.78 is 18.2. The number of hydrogen-bond donors (Lipinski definition) is 1. The Balaban J connectivity index is 1.77. The number of amides is 2. The van der Waals surface area contributed by atoms with E-state index in [0.717, 1.165) is 22.7 Å². The second kappa shape index (κ2) is 7.70. The van der Waals surface area contributed by atoms with Crippen LogP contribution in [0.2, 0.25) is 0 Å². The fourth-order valence-electron chi connectivity index (χ4n) is 2.51. The molecule has 3 rings (SSSR count). The highest BCUT2D eigenvalue weighted by atomic mass is 32.2. The molecule has 0 radical (unpaired) electrons. The van der Waals surface area contributed by atoms with Crippen LogP contribution >= 0.6 is 11.8 Å². The Labute approximate surface area is 157 Å². The van der Waals surface area contributed by atoms with E-state index in [1.165, 1.54) is 24.4 Å². The van der Waals surface area contributed by atoms with Gasteiger partial charge in [0.25, 0.3) is 0 Å². The molecule has 27 heavy (non-hydrogen) atoms. The van der Waals surface area contributed by atoms with E-state index in [1.54, 1.807) is 6.92 Å². The maximum absolute atomic E-state index is 13.4. The normalized spacial score (nSPS) is 16.7. The third kappa shape index (κ3) is 3.90. The summed E-state index contributed by atoms with van der Waals surface area (Å²) in [6.07, 6.45) is 1.14. The number of carbonyl (C=O) groups excluding carboxylic acids is 3. The Morgan fingerprint density at radius 1 is 1.44 bits per heavy atom. The zero-order valence-electron chi connectivity index (χ0n) is 14.2. The van der Waals surface area contributed by atoms with Crippen LogP contribution in [0.1, 0.15) is 23.7 Å². The molecule has 140 valence electrons. The van der Waals surface area contributed by atoms with Gasteiger partial charge in [-0.1, -0.05) is 17.8 Å². The zero-order chi connectivity index (χ0) is 19.6. The lowest BCUT2D eigenvalue weighted by atomic mass is 10.3. The van der Waals surface area contributed by atoms with Gasteiger partial charge < -0.3 is 10.5 Å². The highest BCUT2D eigenvalue weighted by Gasteiger charge is 2.40. The molecule has 8 nitrogen and oxygen atoms in total. The lowest BCUT2D eigenvalue weighted by Crippen LogP contribution is -2.31. The molecule has 1 atom stereocenters. The van der Waals surface area contributed by atoms with Gasteiger partial charge in [-0.05, 0) is 25.1 Å². The van der Waals surface area contributed by atoms with Crippen molar-refractivity contribution in [3.8, 4) is 0 Å². The van der Waals surface area contributed by atoms with Crippen LogP contribution in [-0.4, -0.2) is 39.6 Å². The van der Waals surface area contributed by atoms with Crippen molar-refractivity contribution in [2.45, 2.75) is 23.8 Å². The van der Waals surface area contributed by atoms with E-state index in [-0.39, 0.29) is 35.3 Å². The predicted octanol–water partition coefficient (Wildman–Crippen LogP) is 1.80. The minimum absolute atomic E-state index is 0.0245. The molecule has 10 heteroatoms. The number of ether oxygens (including phenoxy) is 1. The third-order valence-electron chi connectivity index (χ3n) is 3.71. The Morgan fingerprint density at radius 2 is 2.22 bits per heavy atom. The zero-order valence-corrected chi connectivity index (χ0v) is 15.0. The van der Waals surface area contributed by atoms with Crippen molar-refractivity contribution in [2.24, 2.45) is 0 Å². The number of imide groups is 1. The number of nitrogens with zero attached hydrogens (tertiary/aromatic N) is 3. The van der Waals surface area contributed by atoms with Crippen LogP contribution in [0.3, 0.4) is 0 Å².